The molecule has 1 saturated heterocycles. The van der Waals surface area contributed by atoms with Crippen LogP contribution in [0.15, 0.2) is 24.3 Å². The van der Waals surface area contributed by atoms with E-state index in [4.69, 9.17) is 0 Å². The number of rotatable bonds is 4. The first-order valence-corrected chi connectivity index (χ1v) is 8.86. The predicted octanol–water partition coefficient (Wildman–Crippen LogP) is 2.32. The van der Waals surface area contributed by atoms with Gasteiger partial charge in [-0.05, 0) is 25.3 Å². The summed E-state index contributed by atoms with van der Waals surface area (Å²) in [7, 11) is 0. The fraction of sp³-hybridized carbons (Fsp3) is 0.632. The van der Waals surface area contributed by atoms with Crippen LogP contribution in [-0.4, -0.2) is 36.8 Å². The molecule has 24 heavy (non-hydrogen) atoms. The molecule has 1 aromatic rings. The third-order valence-electron chi connectivity index (χ3n) is 5.54. The number of amides is 1. The van der Waals surface area contributed by atoms with Crippen LogP contribution in [0.4, 0.5) is 0 Å². The highest BCUT2D eigenvalue weighted by Crippen LogP contribution is 2.40. The summed E-state index contributed by atoms with van der Waals surface area (Å²) < 4.78 is 0. The van der Waals surface area contributed by atoms with Gasteiger partial charge in [0.05, 0.1) is 11.5 Å². The lowest BCUT2D eigenvalue weighted by Crippen LogP contribution is -2.48. The lowest BCUT2D eigenvalue weighted by molar-refractivity contribution is -0.128. The Kier molecular flexibility index (Phi) is 6.67. The average molecular weight is 353 g/mol. The summed E-state index contributed by atoms with van der Waals surface area (Å²) in [5, 5.41) is 16.2. The maximum absolute atomic E-state index is 13.1. The predicted molar refractivity (Wildman–Crippen MR) is 98.6 cm³/mol. The molecule has 1 aliphatic heterocycles. The molecule has 2 aliphatic rings. The molecule has 1 saturated carbocycles. The van der Waals surface area contributed by atoms with Crippen molar-refractivity contribution in [3.05, 3.63) is 35.4 Å². The number of carbonyl (C=O) groups is 1. The second kappa shape index (κ2) is 8.32. The Morgan fingerprint density at radius 3 is 2.67 bits per heavy atom. The summed E-state index contributed by atoms with van der Waals surface area (Å²) in [5.41, 5.74) is 1.97. The summed E-state index contributed by atoms with van der Waals surface area (Å²) >= 11 is 0. The minimum Gasteiger partial charge on any atom is -0.391 e. The highest BCUT2D eigenvalue weighted by Gasteiger charge is 2.41. The maximum atomic E-state index is 13.1. The Bertz CT molecular complexity index is 558. The monoisotopic (exact) mass is 352 g/mol. The standard InChI is InChI=1S/C19H28N2O2.ClH/c1-14-6-5-7-16(10-14)19(8-3-2-4-9-19)18(23)21-12-15-11-20-13-17(15)22;/h5-7,10,15,17,20,22H,2-4,8-9,11-13H2,1H3,(H,21,23);1H. The second-order valence-electron chi connectivity index (χ2n) is 7.21. The third-order valence-corrected chi connectivity index (χ3v) is 5.54. The summed E-state index contributed by atoms with van der Waals surface area (Å²) in [5.74, 6) is 0.263. The molecule has 3 N–H and O–H groups in total. The van der Waals surface area contributed by atoms with Crippen molar-refractivity contribution in [3.8, 4) is 0 Å². The van der Waals surface area contributed by atoms with Crippen LogP contribution >= 0.6 is 12.4 Å². The van der Waals surface area contributed by atoms with E-state index in [-0.39, 0.29) is 35.8 Å². The molecule has 0 radical (unpaired) electrons. The molecule has 1 aromatic carbocycles. The van der Waals surface area contributed by atoms with Crippen LogP contribution < -0.4 is 10.6 Å². The fourth-order valence-corrected chi connectivity index (χ4v) is 4.07. The first-order chi connectivity index (χ1) is 11.1. The molecular formula is C19H29ClN2O2. The smallest absolute Gasteiger partial charge is 0.230 e. The van der Waals surface area contributed by atoms with Gasteiger partial charge in [-0.15, -0.1) is 12.4 Å². The van der Waals surface area contributed by atoms with Gasteiger partial charge in [-0.25, -0.2) is 0 Å². The number of aliphatic hydroxyl groups is 1. The summed E-state index contributed by atoms with van der Waals surface area (Å²) in [6.07, 6.45) is 4.92. The van der Waals surface area contributed by atoms with E-state index >= 15 is 0 Å². The number of β-amino-alcohol motifs (C(OH)–C–C–N with tert-alkyl or cyclic N) is 1. The van der Waals surface area contributed by atoms with E-state index < -0.39 is 0 Å². The van der Waals surface area contributed by atoms with Crippen molar-refractivity contribution in [1.82, 2.24) is 10.6 Å². The number of aryl methyl sites for hydroxylation is 1. The Balaban J connectivity index is 0.00000208. The fourth-order valence-electron chi connectivity index (χ4n) is 4.07. The Labute approximate surface area is 150 Å². The largest absolute Gasteiger partial charge is 0.391 e. The zero-order valence-electron chi connectivity index (χ0n) is 14.4. The van der Waals surface area contributed by atoms with Gasteiger partial charge in [-0.2, -0.15) is 0 Å². The van der Waals surface area contributed by atoms with Crippen molar-refractivity contribution in [2.45, 2.75) is 50.5 Å². The van der Waals surface area contributed by atoms with E-state index in [0.717, 1.165) is 37.8 Å². The highest BCUT2D eigenvalue weighted by molar-refractivity contribution is 5.88. The molecule has 3 rings (SSSR count). The van der Waals surface area contributed by atoms with Crippen LogP contribution in [0.2, 0.25) is 0 Å². The Morgan fingerprint density at radius 1 is 1.29 bits per heavy atom. The van der Waals surface area contributed by atoms with E-state index in [0.29, 0.717) is 13.1 Å². The first kappa shape index (κ1) is 19.2. The lowest BCUT2D eigenvalue weighted by atomic mass is 9.68. The number of halogens is 1. The molecule has 1 aliphatic carbocycles. The van der Waals surface area contributed by atoms with Crippen molar-refractivity contribution >= 4 is 18.3 Å². The maximum Gasteiger partial charge on any atom is 0.230 e. The molecule has 5 heteroatoms. The van der Waals surface area contributed by atoms with Crippen LogP contribution in [-0.2, 0) is 10.2 Å². The molecule has 2 atom stereocenters. The molecule has 134 valence electrons. The van der Waals surface area contributed by atoms with E-state index in [1.165, 1.54) is 12.0 Å². The zero-order chi connectivity index (χ0) is 16.3. The van der Waals surface area contributed by atoms with E-state index in [1.807, 2.05) is 0 Å². The summed E-state index contributed by atoms with van der Waals surface area (Å²) in [6.45, 7) is 4.04. The number of hydrogen-bond donors (Lipinski definition) is 3. The van der Waals surface area contributed by atoms with Gasteiger partial charge in [-0.1, -0.05) is 49.1 Å². The van der Waals surface area contributed by atoms with Crippen LogP contribution in [0.25, 0.3) is 0 Å². The molecule has 1 heterocycles. The van der Waals surface area contributed by atoms with E-state index in [9.17, 15) is 9.90 Å². The molecule has 0 aromatic heterocycles. The lowest BCUT2D eigenvalue weighted by Gasteiger charge is -2.37. The molecule has 4 nitrogen and oxygen atoms in total. The first-order valence-electron chi connectivity index (χ1n) is 8.86. The van der Waals surface area contributed by atoms with Crippen molar-refractivity contribution in [1.29, 1.82) is 0 Å². The highest BCUT2D eigenvalue weighted by atomic mass is 35.5. The molecule has 1 amide bonds. The number of benzene rings is 1. The minimum atomic E-state index is -0.388. The van der Waals surface area contributed by atoms with Crippen LogP contribution in [0.3, 0.4) is 0 Å². The van der Waals surface area contributed by atoms with Crippen LogP contribution in [0.5, 0.6) is 0 Å². The Hall–Kier alpha value is -1.10. The molecule has 0 bridgehead atoms. The molecule has 0 spiro atoms. The van der Waals surface area contributed by atoms with Gasteiger partial charge in [0.15, 0.2) is 0 Å². The van der Waals surface area contributed by atoms with Gasteiger partial charge in [0.2, 0.25) is 5.91 Å². The van der Waals surface area contributed by atoms with Gasteiger partial charge in [0.1, 0.15) is 0 Å². The van der Waals surface area contributed by atoms with Gasteiger partial charge < -0.3 is 15.7 Å². The van der Waals surface area contributed by atoms with E-state index in [2.05, 4.69) is 41.8 Å². The van der Waals surface area contributed by atoms with Gasteiger partial charge in [-0.3, -0.25) is 4.79 Å². The quantitative estimate of drug-likeness (QED) is 0.779. The Morgan fingerprint density at radius 2 is 2.04 bits per heavy atom. The van der Waals surface area contributed by atoms with Crippen molar-refractivity contribution in [2.75, 3.05) is 19.6 Å². The number of carbonyl (C=O) groups excluding carboxylic acids is 1. The SMILES string of the molecule is Cc1cccc(C2(C(=O)NCC3CNCC3O)CCCCC2)c1.Cl. The number of hydrogen-bond acceptors (Lipinski definition) is 3. The normalized spacial score (nSPS) is 25.8. The molecule has 2 fully saturated rings. The number of nitrogens with one attached hydrogen (secondary N) is 2. The van der Waals surface area contributed by atoms with Crippen molar-refractivity contribution < 1.29 is 9.90 Å². The number of aliphatic hydroxyl groups excluding tert-OH is 1. The van der Waals surface area contributed by atoms with Gasteiger partial charge in [0.25, 0.3) is 0 Å². The van der Waals surface area contributed by atoms with E-state index in [1.54, 1.807) is 0 Å². The topological polar surface area (TPSA) is 61.4 Å². The van der Waals surface area contributed by atoms with Crippen LogP contribution in [0.1, 0.15) is 43.2 Å². The average Bonchev–Trinajstić information content (AvgIpc) is 2.98. The molecular weight excluding hydrogens is 324 g/mol. The zero-order valence-corrected chi connectivity index (χ0v) is 15.2. The van der Waals surface area contributed by atoms with Crippen LogP contribution in [0, 0.1) is 12.8 Å². The summed E-state index contributed by atoms with van der Waals surface area (Å²) in [4.78, 5) is 13.1. The van der Waals surface area contributed by atoms with Crippen molar-refractivity contribution in [3.63, 3.8) is 0 Å². The van der Waals surface area contributed by atoms with Crippen molar-refractivity contribution in [2.24, 2.45) is 5.92 Å². The second-order valence-corrected chi connectivity index (χ2v) is 7.21. The molecule has 2 unspecified atom stereocenters. The van der Waals surface area contributed by atoms with Gasteiger partial charge in [0, 0.05) is 25.6 Å². The summed E-state index contributed by atoms with van der Waals surface area (Å²) in [6, 6.07) is 8.40. The third kappa shape index (κ3) is 3.93. The minimum absolute atomic E-state index is 0. The van der Waals surface area contributed by atoms with Gasteiger partial charge >= 0.3 is 0 Å².